The van der Waals surface area contributed by atoms with E-state index in [1.807, 2.05) is 25.1 Å². The third-order valence-corrected chi connectivity index (χ3v) is 5.90. The van der Waals surface area contributed by atoms with Crippen molar-refractivity contribution >= 4 is 38.3 Å². The summed E-state index contributed by atoms with van der Waals surface area (Å²) in [6.45, 7) is 1.81. The van der Waals surface area contributed by atoms with Crippen molar-refractivity contribution in [1.29, 1.82) is 0 Å². The van der Waals surface area contributed by atoms with E-state index < -0.39 is 15.9 Å². The number of nitrogens with one attached hydrogen (secondary N) is 2. The molecule has 1 aromatic heterocycles. The molecule has 4 rings (SSSR count). The molecule has 146 valence electrons. The normalized spacial score (nSPS) is 11.3. The van der Waals surface area contributed by atoms with Gasteiger partial charge in [0.1, 0.15) is 5.58 Å². The maximum Gasteiger partial charge on any atom is 0.291 e. The minimum atomic E-state index is -3.79. The van der Waals surface area contributed by atoms with Crippen LogP contribution in [0, 0.1) is 6.92 Å². The number of para-hydroxylation sites is 3. The molecule has 0 bridgehead atoms. The molecular weight excluding hydrogens is 388 g/mol. The van der Waals surface area contributed by atoms with Crippen molar-refractivity contribution < 1.29 is 17.6 Å². The summed E-state index contributed by atoms with van der Waals surface area (Å²) in [7, 11) is -3.79. The van der Waals surface area contributed by atoms with Crippen LogP contribution in [0.4, 0.5) is 11.4 Å². The lowest BCUT2D eigenvalue weighted by Crippen LogP contribution is -2.17. The quantitative estimate of drug-likeness (QED) is 0.499. The smallest absolute Gasteiger partial charge is 0.291 e. The van der Waals surface area contributed by atoms with Gasteiger partial charge in [-0.05, 0) is 37.3 Å². The number of hydrogen-bond acceptors (Lipinski definition) is 4. The van der Waals surface area contributed by atoms with Crippen LogP contribution in [-0.4, -0.2) is 14.3 Å². The number of benzene rings is 3. The molecule has 3 aromatic carbocycles. The van der Waals surface area contributed by atoms with Crippen LogP contribution in [0.15, 0.2) is 88.2 Å². The molecule has 0 radical (unpaired) electrons. The molecule has 0 saturated carbocycles. The van der Waals surface area contributed by atoms with Crippen molar-refractivity contribution in [2.75, 3.05) is 10.0 Å². The Hall–Kier alpha value is -3.58. The summed E-state index contributed by atoms with van der Waals surface area (Å²) in [6, 6.07) is 22.0. The summed E-state index contributed by atoms with van der Waals surface area (Å²) >= 11 is 0. The Morgan fingerprint density at radius 1 is 0.828 bits per heavy atom. The Morgan fingerprint density at radius 2 is 1.45 bits per heavy atom. The van der Waals surface area contributed by atoms with Crippen LogP contribution in [0.2, 0.25) is 0 Å². The molecule has 7 heteroatoms. The van der Waals surface area contributed by atoms with Gasteiger partial charge in [-0.25, -0.2) is 8.42 Å². The van der Waals surface area contributed by atoms with E-state index in [2.05, 4.69) is 10.0 Å². The third kappa shape index (κ3) is 3.72. The summed E-state index contributed by atoms with van der Waals surface area (Å²) in [5, 5.41) is 3.60. The predicted octanol–water partition coefficient (Wildman–Crippen LogP) is 4.79. The lowest BCUT2D eigenvalue weighted by molar-refractivity contribution is 0.0998. The molecule has 0 aliphatic rings. The molecule has 0 fully saturated rings. The number of hydrogen-bond donors (Lipinski definition) is 2. The second-order valence-corrected chi connectivity index (χ2v) is 8.15. The number of amides is 1. The highest BCUT2D eigenvalue weighted by Gasteiger charge is 2.20. The van der Waals surface area contributed by atoms with E-state index in [1.54, 1.807) is 48.5 Å². The number of furan rings is 1. The Balaban J connectivity index is 1.63. The zero-order chi connectivity index (χ0) is 20.4. The molecule has 29 heavy (non-hydrogen) atoms. The van der Waals surface area contributed by atoms with Gasteiger partial charge in [-0.2, -0.15) is 0 Å². The van der Waals surface area contributed by atoms with Gasteiger partial charge in [0, 0.05) is 10.9 Å². The largest absolute Gasteiger partial charge is 0.451 e. The maximum absolute atomic E-state index is 12.8. The van der Waals surface area contributed by atoms with Gasteiger partial charge in [-0.15, -0.1) is 0 Å². The van der Waals surface area contributed by atoms with Crippen molar-refractivity contribution in [3.8, 4) is 0 Å². The Morgan fingerprint density at radius 3 is 2.17 bits per heavy atom. The fourth-order valence-corrected chi connectivity index (χ4v) is 4.16. The van der Waals surface area contributed by atoms with Crippen LogP contribution in [0.1, 0.15) is 16.1 Å². The zero-order valence-electron chi connectivity index (χ0n) is 15.5. The van der Waals surface area contributed by atoms with Gasteiger partial charge in [-0.3, -0.25) is 9.52 Å². The zero-order valence-corrected chi connectivity index (χ0v) is 16.4. The molecule has 0 saturated heterocycles. The van der Waals surface area contributed by atoms with E-state index in [9.17, 15) is 13.2 Å². The van der Waals surface area contributed by atoms with Gasteiger partial charge in [0.25, 0.3) is 15.9 Å². The Kier molecular flexibility index (Phi) is 4.82. The van der Waals surface area contributed by atoms with E-state index in [0.29, 0.717) is 11.3 Å². The first kappa shape index (κ1) is 18.8. The molecule has 0 aliphatic heterocycles. The standard InChI is InChI=1S/C22H18N2O4S/c1-15-17-11-5-8-14-20(17)28-21(15)22(25)23-18-12-6-7-13-19(18)24-29(26,27)16-9-3-2-4-10-16/h2-14,24H,1H3,(H,23,25). The van der Waals surface area contributed by atoms with Crippen LogP contribution in [0.5, 0.6) is 0 Å². The Labute approximate surface area is 168 Å². The summed E-state index contributed by atoms with van der Waals surface area (Å²) in [6.07, 6.45) is 0. The monoisotopic (exact) mass is 406 g/mol. The molecule has 0 atom stereocenters. The molecule has 2 N–H and O–H groups in total. The van der Waals surface area contributed by atoms with Crippen molar-refractivity contribution in [1.82, 2.24) is 0 Å². The number of rotatable bonds is 5. The van der Waals surface area contributed by atoms with Gasteiger partial charge >= 0.3 is 0 Å². The van der Waals surface area contributed by atoms with Crippen LogP contribution in [0.3, 0.4) is 0 Å². The summed E-state index contributed by atoms with van der Waals surface area (Å²) < 4.78 is 33.5. The second kappa shape index (κ2) is 7.44. The van der Waals surface area contributed by atoms with Gasteiger partial charge < -0.3 is 9.73 Å². The van der Waals surface area contributed by atoms with E-state index in [4.69, 9.17) is 4.42 Å². The molecule has 1 amide bonds. The average Bonchev–Trinajstić information content (AvgIpc) is 3.07. The van der Waals surface area contributed by atoms with Gasteiger partial charge in [0.15, 0.2) is 5.76 Å². The summed E-state index contributed by atoms with van der Waals surface area (Å²) in [5.41, 5.74) is 1.93. The first-order valence-corrected chi connectivity index (χ1v) is 10.4. The number of anilines is 2. The minimum absolute atomic E-state index is 0.134. The fourth-order valence-electron chi connectivity index (χ4n) is 3.05. The van der Waals surface area contributed by atoms with E-state index in [0.717, 1.165) is 10.9 Å². The first-order chi connectivity index (χ1) is 14.0. The van der Waals surface area contributed by atoms with Crippen LogP contribution >= 0.6 is 0 Å². The molecule has 4 aromatic rings. The van der Waals surface area contributed by atoms with Crippen molar-refractivity contribution in [2.24, 2.45) is 0 Å². The van der Waals surface area contributed by atoms with Gasteiger partial charge in [-0.1, -0.05) is 48.5 Å². The molecule has 0 aliphatic carbocycles. The molecular formula is C22H18N2O4S. The molecule has 6 nitrogen and oxygen atoms in total. The van der Waals surface area contributed by atoms with E-state index in [-0.39, 0.29) is 16.3 Å². The first-order valence-electron chi connectivity index (χ1n) is 8.92. The van der Waals surface area contributed by atoms with Crippen LogP contribution in [-0.2, 0) is 10.0 Å². The van der Waals surface area contributed by atoms with Gasteiger partial charge in [0.05, 0.1) is 16.3 Å². The Bertz CT molecular complexity index is 1290. The average molecular weight is 406 g/mol. The van der Waals surface area contributed by atoms with Gasteiger partial charge in [0.2, 0.25) is 0 Å². The lowest BCUT2D eigenvalue weighted by Gasteiger charge is -2.13. The number of fused-ring (bicyclic) bond motifs is 1. The number of carbonyl (C=O) groups is 1. The number of sulfonamides is 1. The second-order valence-electron chi connectivity index (χ2n) is 6.47. The molecule has 0 unspecified atom stereocenters. The van der Waals surface area contributed by atoms with Crippen molar-refractivity contribution in [3.63, 3.8) is 0 Å². The van der Waals surface area contributed by atoms with E-state index in [1.165, 1.54) is 12.1 Å². The number of carbonyl (C=O) groups excluding carboxylic acids is 1. The SMILES string of the molecule is Cc1c(C(=O)Nc2ccccc2NS(=O)(=O)c2ccccc2)oc2ccccc12. The maximum atomic E-state index is 12.8. The van der Waals surface area contributed by atoms with Crippen molar-refractivity contribution in [2.45, 2.75) is 11.8 Å². The predicted molar refractivity (Wildman–Crippen MR) is 113 cm³/mol. The highest BCUT2D eigenvalue weighted by atomic mass is 32.2. The topological polar surface area (TPSA) is 88.4 Å². The highest BCUT2D eigenvalue weighted by molar-refractivity contribution is 7.92. The molecule has 0 spiro atoms. The highest BCUT2D eigenvalue weighted by Crippen LogP contribution is 2.28. The third-order valence-electron chi connectivity index (χ3n) is 4.52. The number of aryl methyl sites for hydroxylation is 1. The lowest BCUT2D eigenvalue weighted by atomic mass is 10.1. The van der Waals surface area contributed by atoms with E-state index >= 15 is 0 Å². The van der Waals surface area contributed by atoms with Crippen LogP contribution in [0.25, 0.3) is 11.0 Å². The summed E-state index contributed by atoms with van der Waals surface area (Å²) in [4.78, 5) is 12.9. The van der Waals surface area contributed by atoms with Crippen LogP contribution < -0.4 is 10.0 Å². The molecule has 1 heterocycles. The summed E-state index contributed by atoms with van der Waals surface area (Å²) in [5.74, 6) is -0.267. The van der Waals surface area contributed by atoms with Crippen molar-refractivity contribution in [3.05, 3.63) is 90.2 Å². The minimum Gasteiger partial charge on any atom is -0.451 e. The fraction of sp³-hybridized carbons (Fsp3) is 0.0455.